The maximum atomic E-state index is 12.3. The van der Waals surface area contributed by atoms with Gasteiger partial charge < -0.3 is 10.1 Å². The Balaban J connectivity index is 1.54. The summed E-state index contributed by atoms with van der Waals surface area (Å²) >= 11 is 1.56. The average Bonchev–Trinajstić information content (AvgIpc) is 3.09. The molecule has 26 heavy (non-hydrogen) atoms. The number of ether oxygens (including phenoxy) is 1. The van der Waals surface area contributed by atoms with Gasteiger partial charge in [0.25, 0.3) is 0 Å². The van der Waals surface area contributed by atoms with Gasteiger partial charge in [-0.2, -0.15) is 0 Å². The first kappa shape index (κ1) is 18.1. The molecular weight excluding hydrogens is 344 g/mol. The predicted octanol–water partition coefficient (Wildman–Crippen LogP) is 5.21. The van der Waals surface area contributed by atoms with Gasteiger partial charge in [0.2, 0.25) is 5.91 Å². The van der Waals surface area contributed by atoms with E-state index in [0.717, 1.165) is 40.1 Å². The van der Waals surface area contributed by atoms with Crippen molar-refractivity contribution in [1.29, 1.82) is 0 Å². The molecule has 0 spiro atoms. The number of thiazole rings is 1. The minimum Gasteiger partial charge on any atom is -0.494 e. The number of allylic oxidation sites excluding steroid dienone is 2. The number of unbranched alkanes of at least 4 members (excludes halogenated alkanes) is 1. The summed E-state index contributed by atoms with van der Waals surface area (Å²) in [5, 5.41) is 2.95. The number of hydrogen-bond donors (Lipinski definition) is 1. The van der Waals surface area contributed by atoms with Crippen molar-refractivity contribution < 1.29 is 9.53 Å². The van der Waals surface area contributed by atoms with Gasteiger partial charge in [0.05, 0.1) is 28.8 Å². The lowest BCUT2D eigenvalue weighted by atomic mass is 10.1. The zero-order valence-corrected chi connectivity index (χ0v) is 15.6. The lowest BCUT2D eigenvalue weighted by Gasteiger charge is -2.08. The van der Waals surface area contributed by atoms with Crippen molar-refractivity contribution in [3.63, 3.8) is 0 Å². The molecule has 3 rings (SSSR count). The van der Waals surface area contributed by atoms with Gasteiger partial charge in [0.1, 0.15) is 5.75 Å². The molecule has 0 aliphatic carbocycles. The van der Waals surface area contributed by atoms with Gasteiger partial charge in [-0.1, -0.05) is 24.3 Å². The first-order chi connectivity index (χ1) is 12.7. The summed E-state index contributed by atoms with van der Waals surface area (Å²) in [6.45, 7) is 2.69. The van der Waals surface area contributed by atoms with Crippen LogP contribution in [-0.4, -0.2) is 17.5 Å². The number of carbonyl (C=O) groups excluding carboxylic acids is 1. The van der Waals surface area contributed by atoms with Crippen LogP contribution in [0.5, 0.6) is 5.75 Å². The van der Waals surface area contributed by atoms with Crippen LogP contribution in [0.2, 0.25) is 0 Å². The number of nitrogens with one attached hydrogen (secondary N) is 1. The first-order valence-electron chi connectivity index (χ1n) is 8.70. The molecule has 0 fully saturated rings. The molecule has 0 aliphatic rings. The lowest BCUT2D eigenvalue weighted by Crippen LogP contribution is -2.14. The molecule has 0 radical (unpaired) electrons. The van der Waals surface area contributed by atoms with Gasteiger partial charge in [0.15, 0.2) is 0 Å². The lowest BCUT2D eigenvalue weighted by molar-refractivity contribution is -0.115. The fourth-order valence-electron chi connectivity index (χ4n) is 2.63. The van der Waals surface area contributed by atoms with Gasteiger partial charge in [-0.3, -0.25) is 4.79 Å². The van der Waals surface area contributed by atoms with Crippen molar-refractivity contribution in [3.8, 4) is 5.75 Å². The third-order valence-corrected chi connectivity index (χ3v) is 4.69. The van der Waals surface area contributed by atoms with Gasteiger partial charge >= 0.3 is 0 Å². The van der Waals surface area contributed by atoms with Crippen LogP contribution >= 0.6 is 11.3 Å². The van der Waals surface area contributed by atoms with E-state index in [1.807, 2.05) is 55.5 Å². The summed E-state index contributed by atoms with van der Waals surface area (Å²) in [6, 6.07) is 13.5. The maximum absolute atomic E-state index is 12.3. The van der Waals surface area contributed by atoms with E-state index in [9.17, 15) is 4.79 Å². The van der Waals surface area contributed by atoms with Crippen LogP contribution in [0.1, 0.15) is 25.3 Å². The van der Waals surface area contributed by atoms with Gasteiger partial charge in [-0.05, 0) is 55.7 Å². The summed E-state index contributed by atoms with van der Waals surface area (Å²) in [5.74, 6) is 0.765. The molecule has 134 valence electrons. The molecule has 0 bridgehead atoms. The molecule has 3 aromatic rings. The average molecular weight is 366 g/mol. The number of hydrogen-bond acceptors (Lipinski definition) is 4. The van der Waals surface area contributed by atoms with E-state index in [4.69, 9.17) is 4.74 Å². The molecule has 0 aliphatic heterocycles. The molecule has 1 heterocycles. The Hall–Kier alpha value is -2.66. The molecule has 0 saturated carbocycles. The fourth-order valence-corrected chi connectivity index (χ4v) is 3.34. The topological polar surface area (TPSA) is 51.2 Å². The highest BCUT2D eigenvalue weighted by atomic mass is 32.1. The van der Waals surface area contributed by atoms with Crippen LogP contribution in [0, 0.1) is 0 Å². The summed E-state index contributed by atoms with van der Waals surface area (Å²) in [5.41, 5.74) is 4.49. The normalized spacial score (nSPS) is 11.1. The zero-order valence-electron chi connectivity index (χ0n) is 14.8. The highest BCUT2D eigenvalue weighted by Crippen LogP contribution is 2.22. The fraction of sp³-hybridized carbons (Fsp3) is 0.238. The molecule has 5 heteroatoms. The van der Waals surface area contributed by atoms with E-state index >= 15 is 0 Å². The number of amides is 1. The minimum absolute atomic E-state index is 0.0425. The molecule has 2 aromatic carbocycles. The van der Waals surface area contributed by atoms with Crippen LogP contribution in [0.3, 0.4) is 0 Å². The largest absolute Gasteiger partial charge is 0.494 e. The van der Waals surface area contributed by atoms with Crippen molar-refractivity contribution in [1.82, 2.24) is 4.98 Å². The number of benzene rings is 2. The molecule has 0 unspecified atom stereocenters. The second-order valence-corrected chi connectivity index (χ2v) is 6.85. The Labute approximate surface area is 157 Å². The van der Waals surface area contributed by atoms with Crippen LogP contribution < -0.4 is 10.1 Å². The van der Waals surface area contributed by atoms with Crippen LogP contribution in [-0.2, 0) is 11.2 Å². The van der Waals surface area contributed by atoms with Crippen LogP contribution in [0.15, 0.2) is 60.1 Å². The Morgan fingerprint density at radius 1 is 1.27 bits per heavy atom. The van der Waals surface area contributed by atoms with Crippen molar-refractivity contribution >= 4 is 33.1 Å². The van der Waals surface area contributed by atoms with E-state index in [-0.39, 0.29) is 5.91 Å². The summed E-state index contributed by atoms with van der Waals surface area (Å²) in [6.07, 6.45) is 6.49. The second-order valence-electron chi connectivity index (χ2n) is 5.97. The van der Waals surface area contributed by atoms with Crippen molar-refractivity contribution in [2.45, 2.75) is 26.2 Å². The predicted molar refractivity (Wildman–Crippen MR) is 108 cm³/mol. The third-order valence-electron chi connectivity index (χ3n) is 3.90. The van der Waals surface area contributed by atoms with E-state index in [1.165, 1.54) is 0 Å². The Morgan fingerprint density at radius 2 is 2.19 bits per heavy atom. The van der Waals surface area contributed by atoms with E-state index in [1.54, 1.807) is 16.8 Å². The van der Waals surface area contributed by atoms with Crippen molar-refractivity contribution in [3.05, 3.63) is 65.7 Å². The van der Waals surface area contributed by atoms with Crippen molar-refractivity contribution in [2.24, 2.45) is 0 Å². The number of carbonyl (C=O) groups is 1. The standard InChI is InChI=1S/C21H22N2O2S/c1-2-3-4-5-11-25-18-8-6-7-16(12-18)13-21(24)23-17-9-10-19-20(14-17)26-15-22-19/h2-3,6-10,12,14-15H,4-5,11,13H2,1H3,(H,23,24). The minimum atomic E-state index is -0.0425. The highest BCUT2D eigenvalue weighted by Gasteiger charge is 2.07. The molecule has 4 nitrogen and oxygen atoms in total. The number of nitrogens with zero attached hydrogens (tertiary/aromatic N) is 1. The van der Waals surface area contributed by atoms with E-state index in [2.05, 4.69) is 16.4 Å². The van der Waals surface area contributed by atoms with Gasteiger partial charge in [-0.25, -0.2) is 4.98 Å². The van der Waals surface area contributed by atoms with Gasteiger partial charge in [0, 0.05) is 5.69 Å². The molecule has 1 amide bonds. The van der Waals surface area contributed by atoms with Crippen LogP contribution in [0.25, 0.3) is 10.2 Å². The Morgan fingerprint density at radius 3 is 3.08 bits per heavy atom. The molecule has 1 N–H and O–H groups in total. The molecule has 1 aromatic heterocycles. The maximum Gasteiger partial charge on any atom is 0.228 e. The Kier molecular flexibility index (Phi) is 6.39. The first-order valence-corrected chi connectivity index (χ1v) is 9.58. The van der Waals surface area contributed by atoms with E-state index in [0.29, 0.717) is 13.0 Å². The monoisotopic (exact) mass is 366 g/mol. The smallest absolute Gasteiger partial charge is 0.228 e. The van der Waals surface area contributed by atoms with E-state index < -0.39 is 0 Å². The van der Waals surface area contributed by atoms with Crippen molar-refractivity contribution in [2.75, 3.05) is 11.9 Å². The molecular formula is C21H22N2O2S. The quantitative estimate of drug-likeness (QED) is 0.440. The number of fused-ring (bicyclic) bond motifs is 1. The number of anilines is 1. The summed E-state index contributed by atoms with van der Waals surface area (Å²) in [7, 11) is 0. The third kappa shape index (κ3) is 5.17. The summed E-state index contributed by atoms with van der Waals surface area (Å²) in [4.78, 5) is 16.6. The number of aromatic nitrogens is 1. The zero-order chi connectivity index (χ0) is 18.2. The molecule has 0 atom stereocenters. The summed E-state index contributed by atoms with van der Waals surface area (Å²) < 4.78 is 6.83. The SMILES string of the molecule is CC=CCCCOc1cccc(CC(=O)Nc2ccc3ncsc3c2)c1. The Bertz CT molecular complexity index is 902. The molecule has 0 saturated heterocycles. The number of rotatable bonds is 8. The second kappa shape index (κ2) is 9.15. The highest BCUT2D eigenvalue weighted by molar-refractivity contribution is 7.16. The van der Waals surface area contributed by atoms with Gasteiger partial charge in [-0.15, -0.1) is 11.3 Å². The van der Waals surface area contributed by atoms with Crippen LogP contribution in [0.4, 0.5) is 5.69 Å².